The molecule has 0 aliphatic carbocycles. The molecule has 1 N–H and O–H groups in total. The first-order valence-corrected chi connectivity index (χ1v) is 13.3. The van der Waals surface area contributed by atoms with Crippen LogP contribution in [0.1, 0.15) is 25.3 Å². The van der Waals surface area contributed by atoms with Crippen molar-refractivity contribution in [2.45, 2.75) is 36.6 Å². The highest BCUT2D eigenvalue weighted by molar-refractivity contribution is 7.99. The molecule has 1 saturated heterocycles. The summed E-state index contributed by atoms with van der Waals surface area (Å²) in [6.45, 7) is 5.13. The van der Waals surface area contributed by atoms with Crippen LogP contribution >= 0.6 is 11.8 Å². The zero-order valence-corrected chi connectivity index (χ0v) is 20.2. The molecule has 3 aromatic rings. The zero-order valence-electron chi connectivity index (χ0n) is 18.5. The van der Waals surface area contributed by atoms with Crippen LogP contribution in [0.25, 0.3) is 10.9 Å². The molecule has 33 heavy (non-hydrogen) atoms. The quantitative estimate of drug-likeness (QED) is 0.504. The minimum atomic E-state index is -3.54. The number of carbonyl (C=O) groups excluding carboxylic acids is 1. The number of nitrogens with one attached hydrogen (secondary N) is 1. The molecule has 0 unspecified atom stereocenters. The maximum Gasteiger partial charge on any atom is 0.243 e. The Morgan fingerprint density at radius 3 is 2.64 bits per heavy atom. The number of aromatic nitrogens is 1. The number of anilines is 1. The molecule has 9 heteroatoms. The summed E-state index contributed by atoms with van der Waals surface area (Å²) < 4.78 is 41.5. The van der Waals surface area contributed by atoms with Crippen molar-refractivity contribution in [3.63, 3.8) is 0 Å². The molecule has 4 rings (SSSR count). The molecular weight excluding hydrogens is 461 g/mol. The van der Waals surface area contributed by atoms with Gasteiger partial charge in [-0.15, -0.1) is 0 Å². The fourth-order valence-electron chi connectivity index (χ4n) is 3.84. The molecule has 1 aliphatic rings. The fraction of sp³-hybridized carbons (Fsp3) is 0.333. The molecular formula is C24H26FN3O3S2. The van der Waals surface area contributed by atoms with Crippen molar-refractivity contribution in [1.82, 2.24) is 9.29 Å². The molecule has 1 amide bonds. The Morgan fingerprint density at radius 1 is 1.18 bits per heavy atom. The van der Waals surface area contributed by atoms with Crippen molar-refractivity contribution in [1.29, 1.82) is 0 Å². The molecule has 2 heterocycles. The summed E-state index contributed by atoms with van der Waals surface area (Å²) in [5, 5.41) is 3.96. The summed E-state index contributed by atoms with van der Waals surface area (Å²) in [4.78, 5) is 17.1. The van der Waals surface area contributed by atoms with Crippen LogP contribution in [-0.4, -0.2) is 42.5 Å². The smallest absolute Gasteiger partial charge is 0.243 e. The Balaban J connectivity index is 1.49. The summed E-state index contributed by atoms with van der Waals surface area (Å²) in [5.74, 6) is -0.196. The first-order chi connectivity index (χ1) is 15.7. The largest absolute Gasteiger partial charge is 0.323 e. The molecule has 0 bridgehead atoms. The second-order valence-corrected chi connectivity index (χ2v) is 11.3. The van der Waals surface area contributed by atoms with E-state index < -0.39 is 15.8 Å². The van der Waals surface area contributed by atoms with E-state index in [1.54, 1.807) is 34.6 Å². The number of halogens is 1. The number of fused-ring (bicyclic) bond motifs is 1. The third-order valence-electron chi connectivity index (χ3n) is 5.84. The standard InChI is InChI=1S/C24H26FN3O3S2/c1-16-9-11-28(12-10-16)33(30,31)18-7-8-21-19(14-18)17(2)13-24(27-21)32-15-23(29)26-22-6-4-3-5-20(22)25/h3-8,13-14,16H,9-12,15H2,1-2H3,(H,26,29). The fourth-order valence-corrected chi connectivity index (χ4v) is 6.11. The molecule has 0 saturated carbocycles. The van der Waals surface area contributed by atoms with Gasteiger partial charge < -0.3 is 5.32 Å². The Kier molecular flexibility index (Phi) is 7.02. The number of carbonyl (C=O) groups is 1. The van der Waals surface area contributed by atoms with Crippen molar-refractivity contribution in [3.05, 3.63) is 59.9 Å². The van der Waals surface area contributed by atoms with Gasteiger partial charge in [0.15, 0.2) is 0 Å². The highest BCUT2D eigenvalue weighted by Crippen LogP contribution is 2.29. The molecule has 1 aromatic heterocycles. The van der Waals surface area contributed by atoms with E-state index in [1.165, 1.54) is 23.9 Å². The number of aryl methyl sites for hydroxylation is 1. The minimum Gasteiger partial charge on any atom is -0.323 e. The van der Waals surface area contributed by atoms with Gasteiger partial charge in [0.05, 0.1) is 26.9 Å². The number of piperidine rings is 1. The van der Waals surface area contributed by atoms with Crippen molar-refractivity contribution < 1.29 is 17.6 Å². The van der Waals surface area contributed by atoms with Gasteiger partial charge in [0.2, 0.25) is 15.9 Å². The van der Waals surface area contributed by atoms with Gasteiger partial charge in [-0.3, -0.25) is 4.79 Å². The topological polar surface area (TPSA) is 79.4 Å². The van der Waals surface area contributed by atoms with Crippen molar-refractivity contribution in [2.24, 2.45) is 5.92 Å². The maximum absolute atomic E-state index is 13.7. The highest BCUT2D eigenvalue weighted by Gasteiger charge is 2.28. The molecule has 1 aliphatic heterocycles. The van der Waals surface area contributed by atoms with E-state index >= 15 is 0 Å². The zero-order chi connectivity index (χ0) is 23.6. The lowest BCUT2D eigenvalue weighted by Crippen LogP contribution is -2.37. The van der Waals surface area contributed by atoms with E-state index in [1.807, 2.05) is 13.0 Å². The summed E-state index contributed by atoms with van der Waals surface area (Å²) in [5.41, 5.74) is 1.68. The normalized spacial score (nSPS) is 15.6. The number of benzene rings is 2. The van der Waals surface area contributed by atoms with E-state index in [0.717, 1.165) is 23.8 Å². The lowest BCUT2D eigenvalue weighted by Gasteiger charge is -2.29. The van der Waals surface area contributed by atoms with Crippen LogP contribution < -0.4 is 5.32 Å². The van der Waals surface area contributed by atoms with E-state index in [-0.39, 0.29) is 22.2 Å². The second-order valence-electron chi connectivity index (χ2n) is 8.36. The highest BCUT2D eigenvalue weighted by atomic mass is 32.2. The maximum atomic E-state index is 13.7. The lowest BCUT2D eigenvalue weighted by molar-refractivity contribution is -0.113. The second kappa shape index (κ2) is 9.79. The number of sulfonamides is 1. The van der Waals surface area contributed by atoms with Crippen LogP contribution in [0.15, 0.2) is 58.5 Å². The molecule has 0 radical (unpaired) electrons. The van der Waals surface area contributed by atoms with Gasteiger partial charge in [-0.1, -0.05) is 30.8 Å². The average molecular weight is 488 g/mol. The van der Waals surface area contributed by atoms with E-state index in [9.17, 15) is 17.6 Å². The third-order valence-corrected chi connectivity index (χ3v) is 8.65. The van der Waals surface area contributed by atoms with Crippen molar-refractivity contribution >= 4 is 44.3 Å². The Morgan fingerprint density at radius 2 is 1.91 bits per heavy atom. The van der Waals surface area contributed by atoms with Crippen LogP contribution in [0.2, 0.25) is 0 Å². The van der Waals surface area contributed by atoms with E-state index in [0.29, 0.717) is 29.6 Å². The Bertz CT molecular complexity index is 1290. The van der Waals surface area contributed by atoms with Crippen molar-refractivity contribution in [2.75, 3.05) is 24.2 Å². The molecule has 1 fully saturated rings. The van der Waals surface area contributed by atoms with Crippen molar-refractivity contribution in [3.8, 4) is 0 Å². The number of hydrogen-bond donors (Lipinski definition) is 1. The van der Waals surface area contributed by atoms with Crippen LogP contribution in [0, 0.1) is 18.7 Å². The van der Waals surface area contributed by atoms with E-state index in [4.69, 9.17) is 0 Å². The number of hydrogen-bond acceptors (Lipinski definition) is 5. The van der Waals surface area contributed by atoms with Gasteiger partial charge in [-0.05, 0) is 67.6 Å². The van der Waals surface area contributed by atoms with Gasteiger partial charge in [0.25, 0.3) is 0 Å². The first kappa shape index (κ1) is 23.7. The van der Waals surface area contributed by atoms with Gasteiger partial charge in [0.1, 0.15) is 5.82 Å². The van der Waals surface area contributed by atoms with Gasteiger partial charge >= 0.3 is 0 Å². The Labute approximate surface area is 197 Å². The van der Waals surface area contributed by atoms with E-state index in [2.05, 4.69) is 17.2 Å². The third kappa shape index (κ3) is 5.37. The predicted molar refractivity (Wildman–Crippen MR) is 129 cm³/mol. The summed E-state index contributed by atoms with van der Waals surface area (Å²) >= 11 is 1.24. The van der Waals surface area contributed by atoms with Crippen LogP contribution in [0.3, 0.4) is 0 Å². The SMILES string of the molecule is Cc1cc(SCC(=O)Nc2ccccc2F)nc2ccc(S(=O)(=O)N3CCC(C)CC3)cc12. The van der Waals surface area contributed by atoms with Crippen LogP contribution in [0.4, 0.5) is 10.1 Å². The van der Waals surface area contributed by atoms with Gasteiger partial charge in [-0.2, -0.15) is 4.31 Å². The number of pyridine rings is 1. The van der Waals surface area contributed by atoms with Crippen LogP contribution in [0.5, 0.6) is 0 Å². The lowest BCUT2D eigenvalue weighted by atomic mass is 10.0. The molecule has 0 spiro atoms. The number of rotatable bonds is 6. The molecule has 0 atom stereocenters. The first-order valence-electron chi connectivity index (χ1n) is 10.8. The summed E-state index contributed by atoms with van der Waals surface area (Å²) in [6.07, 6.45) is 1.75. The monoisotopic (exact) mass is 487 g/mol. The average Bonchev–Trinajstić information content (AvgIpc) is 2.79. The minimum absolute atomic E-state index is 0.0755. The molecule has 2 aromatic carbocycles. The number of amides is 1. The molecule has 6 nitrogen and oxygen atoms in total. The van der Waals surface area contributed by atoms with Crippen LogP contribution in [-0.2, 0) is 14.8 Å². The number of nitrogens with zero attached hydrogens (tertiary/aromatic N) is 2. The summed E-state index contributed by atoms with van der Waals surface area (Å²) in [7, 11) is -3.54. The number of thioether (sulfide) groups is 1. The van der Waals surface area contributed by atoms with Gasteiger partial charge in [0, 0.05) is 18.5 Å². The summed E-state index contributed by atoms with van der Waals surface area (Å²) in [6, 6.07) is 12.8. The van der Waals surface area contributed by atoms with Gasteiger partial charge in [-0.25, -0.2) is 17.8 Å². The Hall–Kier alpha value is -2.49. The predicted octanol–water partition coefficient (Wildman–Crippen LogP) is 4.83. The number of para-hydroxylation sites is 1. The molecule has 174 valence electrons.